The summed E-state index contributed by atoms with van der Waals surface area (Å²) in [5.74, 6) is 3.62. The molecule has 4 rings (SSSR count). The highest BCUT2D eigenvalue weighted by Gasteiger charge is 2.28. The van der Waals surface area contributed by atoms with E-state index in [4.69, 9.17) is 0 Å². The largest absolute Gasteiger partial charge is 0.365 e. The number of hydrogen-bond acceptors (Lipinski definition) is 5. The van der Waals surface area contributed by atoms with Gasteiger partial charge in [0, 0.05) is 41.9 Å². The third-order valence-corrected chi connectivity index (χ3v) is 4.91. The molecule has 2 aromatic heterocycles. The zero-order chi connectivity index (χ0) is 15.8. The van der Waals surface area contributed by atoms with Crippen LogP contribution in [0.4, 0.5) is 11.6 Å². The van der Waals surface area contributed by atoms with Gasteiger partial charge in [-0.05, 0) is 59.8 Å². The van der Waals surface area contributed by atoms with Gasteiger partial charge in [0.1, 0.15) is 17.5 Å². The van der Waals surface area contributed by atoms with Gasteiger partial charge in [0.05, 0.1) is 0 Å². The molecule has 6 heteroatoms. The fourth-order valence-corrected chi connectivity index (χ4v) is 3.58. The van der Waals surface area contributed by atoms with Crippen LogP contribution < -0.4 is 10.2 Å². The van der Waals surface area contributed by atoms with Crippen LogP contribution in [0.1, 0.15) is 36.6 Å². The van der Waals surface area contributed by atoms with Crippen LogP contribution in [-0.2, 0) is 0 Å². The van der Waals surface area contributed by atoms with Crippen LogP contribution in [0.3, 0.4) is 0 Å². The molecule has 1 unspecified atom stereocenters. The average Bonchev–Trinajstić information content (AvgIpc) is 3.29. The summed E-state index contributed by atoms with van der Waals surface area (Å²) in [5, 5.41) is 3.56. The highest BCUT2D eigenvalue weighted by Crippen LogP contribution is 2.38. The Bertz CT molecular complexity index is 716. The van der Waals surface area contributed by atoms with Crippen molar-refractivity contribution in [2.24, 2.45) is 0 Å². The second kappa shape index (κ2) is 6.07. The van der Waals surface area contributed by atoms with Gasteiger partial charge in [-0.3, -0.25) is 0 Å². The molecule has 2 fully saturated rings. The van der Waals surface area contributed by atoms with Gasteiger partial charge in [0.15, 0.2) is 0 Å². The highest BCUT2D eigenvalue weighted by molar-refractivity contribution is 9.10. The minimum absolute atomic E-state index is 0.404. The van der Waals surface area contributed by atoms with E-state index in [0.29, 0.717) is 12.0 Å². The lowest BCUT2D eigenvalue weighted by molar-refractivity contribution is 0.792. The van der Waals surface area contributed by atoms with Gasteiger partial charge in [-0.25, -0.2) is 15.0 Å². The Morgan fingerprint density at radius 2 is 2.13 bits per heavy atom. The van der Waals surface area contributed by atoms with Gasteiger partial charge in [-0.15, -0.1) is 0 Å². The summed E-state index contributed by atoms with van der Waals surface area (Å²) in [6.45, 7) is 4.09. The van der Waals surface area contributed by atoms with Gasteiger partial charge in [-0.1, -0.05) is 0 Å². The minimum atomic E-state index is 0.404. The highest BCUT2D eigenvalue weighted by atomic mass is 79.9. The van der Waals surface area contributed by atoms with Gasteiger partial charge in [-0.2, -0.15) is 0 Å². The number of hydrogen-bond donors (Lipinski definition) is 1. The third kappa shape index (κ3) is 3.32. The Hall–Kier alpha value is -1.69. The van der Waals surface area contributed by atoms with Gasteiger partial charge < -0.3 is 10.2 Å². The number of pyridine rings is 1. The first-order valence-electron chi connectivity index (χ1n) is 8.15. The molecule has 1 N–H and O–H groups in total. The maximum Gasteiger partial charge on any atom is 0.133 e. The van der Waals surface area contributed by atoms with E-state index in [1.807, 2.05) is 18.5 Å². The van der Waals surface area contributed by atoms with E-state index in [0.717, 1.165) is 41.4 Å². The lowest BCUT2D eigenvalue weighted by atomic mass is 10.2. The Kier molecular flexibility index (Phi) is 3.93. The molecule has 1 aliphatic heterocycles. The molecule has 23 heavy (non-hydrogen) atoms. The summed E-state index contributed by atoms with van der Waals surface area (Å²) in [5.41, 5.74) is 1.21. The molecule has 3 heterocycles. The van der Waals surface area contributed by atoms with Crippen molar-refractivity contribution in [3.63, 3.8) is 0 Å². The second-order valence-electron chi connectivity index (χ2n) is 6.44. The Morgan fingerprint density at radius 1 is 1.26 bits per heavy atom. The topological polar surface area (TPSA) is 53.9 Å². The number of anilines is 2. The van der Waals surface area contributed by atoms with Crippen LogP contribution >= 0.6 is 15.9 Å². The fraction of sp³-hybridized carbons (Fsp3) is 0.471. The SMILES string of the molecule is Cc1cc(Br)cnc1N1CCC(Nc2ccnc(C3CC3)n2)C1. The van der Waals surface area contributed by atoms with Crippen molar-refractivity contribution in [1.29, 1.82) is 0 Å². The number of rotatable bonds is 4. The predicted octanol–water partition coefficient (Wildman–Crippen LogP) is 3.51. The predicted molar refractivity (Wildman–Crippen MR) is 94.9 cm³/mol. The second-order valence-corrected chi connectivity index (χ2v) is 7.36. The molecule has 0 radical (unpaired) electrons. The summed E-state index contributed by atoms with van der Waals surface area (Å²) >= 11 is 3.48. The lowest BCUT2D eigenvalue weighted by Gasteiger charge is -2.20. The zero-order valence-electron chi connectivity index (χ0n) is 13.2. The zero-order valence-corrected chi connectivity index (χ0v) is 14.8. The van der Waals surface area contributed by atoms with Gasteiger partial charge in [0.25, 0.3) is 0 Å². The molecule has 1 atom stereocenters. The first-order valence-corrected chi connectivity index (χ1v) is 8.95. The molecule has 1 saturated heterocycles. The molecule has 2 aromatic rings. The van der Waals surface area contributed by atoms with Crippen LogP contribution in [0.15, 0.2) is 29.0 Å². The van der Waals surface area contributed by atoms with Crippen LogP contribution in [0, 0.1) is 6.92 Å². The van der Waals surface area contributed by atoms with Crippen LogP contribution in [-0.4, -0.2) is 34.1 Å². The maximum absolute atomic E-state index is 4.66. The monoisotopic (exact) mass is 373 g/mol. The number of nitrogens with zero attached hydrogens (tertiary/aromatic N) is 4. The first kappa shape index (κ1) is 14.9. The van der Waals surface area contributed by atoms with Crippen molar-refractivity contribution in [1.82, 2.24) is 15.0 Å². The third-order valence-electron chi connectivity index (χ3n) is 4.47. The van der Waals surface area contributed by atoms with E-state index < -0.39 is 0 Å². The van der Waals surface area contributed by atoms with E-state index in [1.54, 1.807) is 0 Å². The fourth-order valence-electron chi connectivity index (χ4n) is 3.14. The Labute approximate surface area is 144 Å². The van der Waals surface area contributed by atoms with Crippen molar-refractivity contribution in [3.8, 4) is 0 Å². The summed E-state index contributed by atoms with van der Waals surface area (Å²) in [6, 6.07) is 4.49. The Morgan fingerprint density at radius 3 is 2.91 bits per heavy atom. The van der Waals surface area contributed by atoms with E-state index in [2.05, 4.69) is 54.1 Å². The van der Waals surface area contributed by atoms with Gasteiger partial charge >= 0.3 is 0 Å². The van der Waals surface area contributed by atoms with E-state index in [1.165, 1.54) is 18.4 Å². The summed E-state index contributed by atoms with van der Waals surface area (Å²) < 4.78 is 1.03. The maximum atomic E-state index is 4.66. The lowest BCUT2D eigenvalue weighted by Crippen LogP contribution is -2.27. The molecule has 0 spiro atoms. The Balaban J connectivity index is 1.43. The number of aryl methyl sites for hydroxylation is 1. The first-order chi connectivity index (χ1) is 11.2. The molecule has 0 bridgehead atoms. The van der Waals surface area contributed by atoms with Crippen molar-refractivity contribution in [3.05, 3.63) is 40.4 Å². The van der Waals surface area contributed by atoms with Crippen LogP contribution in [0.2, 0.25) is 0 Å². The molecular formula is C17H20BrN5. The van der Waals surface area contributed by atoms with E-state index >= 15 is 0 Å². The number of nitrogens with one attached hydrogen (secondary N) is 1. The molecule has 120 valence electrons. The van der Waals surface area contributed by atoms with Crippen molar-refractivity contribution < 1.29 is 0 Å². The molecule has 1 saturated carbocycles. The van der Waals surface area contributed by atoms with Crippen molar-refractivity contribution in [2.45, 2.75) is 38.1 Å². The van der Waals surface area contributed by atoms with E-state index in [-0.39, 0.29) is 0 Å². The molecule has 0 aromatic carbocycles. The summed E-state index contributed by atoms with van der Waals surface area (Å²) in [6.07, 6.45) is 7.30. The molecule has 2 aliphatic rings. The van der Waals surface area contributed by atoms with Crippen molar-refractivity contribution >= 4 is 27.6 Å². The molecular weight excluding hydrogens is 354 g/mol. The normalized spacial score (nSPS) is 20.8. The van der Waals surface area contributed by atoms with Crippen LogP contribution in [0.25, 0.3) is 0 Å². The standard InChI is InChI=1S/C17H20BrN5/c1-11-8-13(18)9-20-17(11)23-7-5-14(10-23)21-15-4-6-19-16(22-15)12-2-3-12/h4,6,8-9,12,14H,2-3,5,7,10H2,1H3,(H,19,21,22). The minimum Gasteiger partial charge on any atom is -0.365 e. The van der Waals surface area contributed by atoms with Crippen LogP contribution in [0.5, 0.6) is 0 Å². The summed E-state index contributed by atoms with van der Waals surface area (Å²) in [4.78, 5) is 16.0. The molecule has 1 aliphatic carbocycles. The van der Waals surface area contributed by atoms with Crippen molar-refractivity contribution in [2.75, 3.05) is 23.3 Å². The number of aromatic nitrogens is 3. The summed E-state index contributed by atoms with van der Waals surface area (Å²) in [7, 11) is 0. The number of halogens is 1. The van der Waals surface area contributed by atoms with E-state index in [9.17, 15) is 0 Å². The smallest absolute Gasteiger partial charge is 0.133 e. The molecule has 5 nitrogen and oxygen atoms in total. The quantitative estimate of drug-likeness (QED) is 0.888. The van der Waals surface area contributed by atoms with Gasteiger partial charge in [0.2, 0.25) is 0 Å². The molecule has 0 amide bonds. The average molecular weight is 374 g/mol.